The first kappa shape index (κ1) is 28.6. The van der Waals surface area contributed by atoms with E-state index in [-0.39, 0.29) is 33.9 Å². The van der Waals surface area contributed by atoms with Crippen LogP contribution in [-0.4, -0.2) is 38.3 Å². The molecule has 2 heterocycles. The minimum Gasteiger partial charge on any atom is -0.497 e. The number of methoxy groups -OCH3 is 2. The number of rotatable bonds is 9. The molecule has 0 radical (unpaired) electrons. The van der Waals surface area contributed by atoms with Gasteiger partial charge in [0.15, 0.2) is 5.58 Å². The third-order valence-electron chi connectivity index (χ3n) is 7.29. The van der Waals surface area contributed by atoms with Crippen molar-refractivity contribution in [1.29, 1.82) is 0 Å². The number of anilines is 1. The lowest BCUT2D eigenvalue weighted by Crippen LogP contribution is -2.28. The summed E-state index contributed by atoms with van der Waals surface area (Å²) in [5.41, 5.74) is 0.942. The highest BCUT2D eigenvalue weighted by Crippen LogP contribution is 2.39. The molecule has 0 atom stereocenters. The minimum absolute atomic E-state index is 0.0143. The van der Waals surface area contributed by atoms with Crippen LogP contribution >= 0.6 is 0 Å². The second-order valence-electron chi connectivity index (χ2n) is 9.90. The number of nitrogens with zero attached hydrogens (tertiary/aromatic N) is 1. The van der Waals surface area contributed by atoms with Crippen molar-refractivity contribution < 1.29 is 32.2 Å². The molecule has 0 saturated heterocycles. The van der Waals surface area contributed by atoms with Crippen LogP contribution in [0.4, 0.5) is 5.69 Å². The number of sulfonamides is 1. The predicted octanol–water partition coefficient (Wildman–Crippen LogP) is 5.98. The average Bonchev–Trinajstić information content (AvgIpc) is 3.40. The summed E-state index contributed by atoms with van der Waals surface area (Å²) in [6, 6.07) is 26.4. The summed E-state index contributed by atoms with van der Waals surface area (Å²) < 4.78 is 47.0. The monoisotopic (exact) mass is 610 g/mol. The molecule has 2 N–H and O–H groups in total. The Bertz CT molecular complexity index is 2200. The molecule has 0 aliphatic heterocycles. The molecule has 10 nitrogen and oxygen atoms in total. The van der Waals surface area contributed by atoms with Crippen molar-refractivity contribution >= 4 is 43.7 Å². The Morgan fingerprint density at radius 2 is 1.61 bits per heavy atom. The highest BCUT2D eigenvalue weighted by Gasteiger charge is 2.28. The summed E-state index contributed by atoms with van der Waals surface area (Å²) in [5.74, 6) is -0.353. The minimum atomic E-state index is -3.90. The van der Waals surface area contributed by atoms with Crippen molar-refractivity contribution in [2.45, 2.75) is 11.4 Å². The molecule has 2 aromatic heterocycles. The second kappa shape index (κ2) is 11.3. The molecule has 0 aliphatic rings. The van der Waals surface area contributed by atoms with E-state index in [1.54, 1.807) is 78.9 Å². The van der Waals surface area contributed by atoms with Crippen LogP contribution in [0.3, 0.4) is 0 Å². The van der Waals surface area contributed by atoms with Crippen molar-refractivity contribution in [2.24, 2.45) is 0 Å². The van der Waals surface area contributed by atoms with Gasteiger partial charge in [0, 0.05) is 22.6 Å². The SMILES string of the molecule is COc1ccc(-c2c(C(=O)O)c(=O)n(Cc3ccccc3OC)c3c2oc2cc(NS(=O)(=O)c4ccccc4)ccc23)cc1. The number of carboxylic acids is 1. The van der Waals surface area contributed by atoms with Gasteiger partial charge in [0.2, 0.25) is 0 Å². The fourth-order valence-electron chi connectivity index (χ4n) is 5.24. The predicted molar refractivity (Wildman–Crippen MR) is 166 cm³/mol. The average molecular weight is 611 g/mol. The Morgan fingerprint density at radius 1 is 0.909 bits per heavy atom. The van der Waals surface area contributed by atoms with Crippen LogP contribution < -0.4 is 19.8 Å². The van der Waals surface area contributed by atoms with Crippen LogP contribution in [0.25, 0.3) is 33.2 Å². The van der Waals surface area contributed by atoms with E-state index in [2.05, 4.69) is 4.72 Å². The van der Waals surface area contributed by atoms with E-state index >= 15 is 0 Å². The number of aromatic nitrogens is 1. The summed E-state index contributed by atoms with van der Waals surface area (Å²) in [5, 5.41) is 10.8. The summed E-state index contributed by atoms with van der Waals surface area (Å²) in [4.78, 5) is 26.9. The molecule has 44 heavy (non-hydrogen) atoms. The first-order valence-corrected chi connectivity index (χ1v) is 14.9. The Balaban J connectivity index is 1.63. The maximum absolute atomic E-state index is 14.1. The van der Waals surface area contributed by atoms with Crippen LogP contribution in [0.2, 0.25) is 0 Å². The van der Waals surface area contributed by atoms with Crippen molar-refractivity contribution in [3.63, 3.8) is 0 Å². The van der Waals surface area contributed by atoms with Gasteiger partial charge in [-0.3, -0.25) is 14.1 Å². The molecule has 0 unspecified atom stereocenters. The summed E-state index contributed by atoms with van der Waals surface area (Å²) in [7, 11) is -0.878. The third kappa shape index (κ3) is 5.03. The molecule has 0 fully saturated rings. The van der Waals surface area contributed by atoms with Crippen molar-refractivity contribution in [3.8, 4) is 22.6 Å². The lowest BCUT2D eigenvalue weighted by Gasteiger charge is -2.15. The number of carbonyl (C=O) groups is 1. The second-order valence-corrected chi connectivity index (χ2v) is 11.6. The number of hydrogen-bond donors (Lipinski definition) is 2. The fourth-order valence-corrected chi connectivity index (χ4v) is 6.31. The van der Waals surface area contributed by atoms with Gasteiger partial charge in [-0.25, -0.2) is 13.2 Å². The number of carboxylic acid groups (broad SMARTS) is 1. The van der Waals surface area contributed by atoms with E-state index in [1.165, 1.54) is 37.0 Å². The van der Waals surface area contributed by atoms with Gasteiger partial charge < -0.3 is 19.0 Å². The fraction of sp³-hybridized carbons (Fsp3) is 0.0909. The van der Waals surface area contributed by atoms with Crippen molar-refractivity contribution in [1.82, 2.24) is 4.57 Å². The van der Waals surface area contributed by atoms with E-state index < -0.39 is 27.1 Å². The molecule has 0 saturated carbocycles. The largest absolute Gasteiger partial charge is 0.497 e. The number of fused-ring (bicyclic) bond motifs is 3. The van der Waals surface area contributed by atoms with E-state index in [0.29, 0.717) is 33.5 Å². The van der Waals surface area contributed by atoms with E-state index in [9.17, 15) is 23.1 Å². The summed E-state index contributed by atoms with van der Waals surface area (Å²) in [6.07, 6.45) is 0. The zero-order chi connectivity index (χ0) is 31.0. The van der Waals surface area contributed by atoms with Gasteiger partial charge in [0.05, 0.1) is 36.9 Å². The van der Waals surface area contributed by atoms with Gasteiger partial charge >= 0.3 is 5.97 Å². The van der Waals surface area contributed by atoms with Crippen LogP contribution in [-0.2, 0) is 16.6 Å². The van der Waals surface area contributed by atoms with Gasteiger partial charge in [-0.15, -0.1) is 0 Å². The molecule has 222 valence electrons. The number of aromatic carboxylic acids is 1. The lowest BCUT2D eigenvalue weighted by molar-refractivity contribution is 0.0695. The van der Waals surface area contributed by atoms with Crippen LogP contribution in [0.1, 0.15) is 15.9 Å². The maximum atomic E-state index is 14.1. The number of hydrogen-bond acceptors (Lipinski definition) is 7. The Morgan fingerprint density at radius 3 is 2.30 bits per heavy atom. The smallest absolute Gasteiger partial charge is 0.342 e. The number of para-hydroxylation sites is 1. The molecule has 6 rings (SSSR count). The Labute approximate surface area is 251 Å². The van der Waals surface area contributed by atoms with Crippen LogP contribution in [0.15, 0.2) is 111 Å². The standard InChI is InChI=1S/C33H26N2O8S/c1-41-23-15-12-20(13-16-23)28-29(33(37)38)32(36)35(19-21-8-6-7-11-26(21)42-2)30-25-17-14-22(18-27(25)43-31(28)30)34-44(39,40)24-9-4-3-5-10-24/h3-18,34H,19H2,1-2H3,(H,37,38). The molecule has 0 bridgehead atoms. The lowest BCUT2D eigenvalue weighted by atomic mass is 9.98. The highest BCUT2D eigenvalue weighted by atomic mass is 32.2. The molecule has 6 aromatic rings. The molecular weight excluding hydrogens is 584 g/mol. The summed E-state index contributed by atoms with van der Waals surface area (Å²) in [6.45, 7) is -0.0143. The molecule has 11 heteroatoms. The molecular formula is C33H26N2O8S. The Kier molecular flexibility index (Phi) is 7.32. The van der Waals surface area contributed by atoms with E-state index in [0.717, 1.165) is 0 Å². The zero-order valence-corrected chi connectivity index (χ0v) is 24.4. The topological polar surface area (TPSA) is 137 Å². The number of ether oxygens (including phenoxy) is 2. The van der Waals surface area contributed by atoms with Crippen molar-refractivity contribution in [2.75, 3.05) is 18.9 Å². The first-order chi connectivity index (χ1) is 21.2. The maximum Gasteiger partial charge on any atom is 0.342 e. The molecule has 0 spiro atoms. The normalized spacial score (nSPS) is 11.5. The van der Waals surface area contributed by atoms with Gasteiger partial charge in [0.25, 0.3) is 15.6 Å². The van der Waals surface area contributed by atoms with Gasteiger partial charge in [-0.1, -0.05) is 48.5 Å². The third-order valence-corrected chi connectivity index (χ3v) is 8.69. The Hall–Kier alpha value is -5.55. The van der Waals surface area contributed by atoms with Crippen molar-refractivity contribution in [3.05, 3.63) is 119 Å². The van der Waals surface area contributed by atoms with E-state index in [1.807, 2.05) is 0 Å². The number of pyridine rings is 1. The summed E-state index contributed by atoms with van der Waals surface area (Å²) >= 11 is 0. The van der Waals surface area contributed by atoms with Gasteiger partial charge in [-0.05, 0) is 48.0 Å². The molecule has 4 aromatic carbocycles. The quantitative estimate of drug-likeness (QED) is 0.204. The number of nitrogens with one attached hydrogen (secondary N) is 1. The van der Waals surface area contributed by atoms with Gasteiger partial charge in [0.1, 0.15) is 22.6 Å². The molecule has 0 aliphatic carbocycles. The highest BCUT2D eigenvalue weighted by molar-refractivity contribution is 7.92. The number of benzene rings is 4. The molecule has 0 amide bonds. The first-order valence-electron chi connectivity index (χ1n) is 13.4. The van der Waals surface area contributed by atoms with Crippen LogP contribution in [0, 0.1) is 0 Å². The number of furan rings is 1. The van der Waals surface area contributed by atoms with E-state index in [4.69, 9.17) is 13.9 Å². The zero-order valence-electron chi connectivity index (χ0n) is 23.6. The van der Waals surface area contributed by atoms with Gasteiger partial charge in [-0.2, -0.15) is 0 Å². The van der Waals surface area contributed by atoms with Crippen LogP contribution in [0.5, 0.6) is 11.5 Å².